The number of nitrogens with two attached hydrogens (primary N) is 1. The van der Waals surface area contributed by atoms with Crippen LogP contribution in [0.15, 0.2) is 29.4 Å². The number of anilines is 2. The second kappa shape index (κ2) is 7.25. The Kier molecular flexibility index (Phi) is 4.87. The summed E-state index contributed by atoms with van der Waals surface area (Å²) in [5.41, 5.74) is 10.3. The Morgan fingerprint density at radius 2 is 2.12 bits per heavy atom. The number of hydrogen-bond donors (Lipinski definition) is 3. The summed E-state index contributed by atoms with van der Waals surface area (Å²) in [6.07, 6.45) is 1.56. The highest BCUT2D eigenvalue weighted by atomic mass is 16.6. The van der Waals surface area contributed by atoms with Gasteiger partial charge in [0.15, 0.2) is 5.75 Å². The van der Waals surface area contributed by atoms with Crippen LogP contribution in [0.1, 0.15) is 30.9 Å². The van der Waals surface area contributed by atoms with Gasteiger partial charge >= 0.3 is 0 Å². The predicted molar refractivity (Wildman–Crippen MR) is 97.2 cm³/mol. The van der Waals surface area contributed by atoms with Crippen molar-refractivity contribution in [2.75, 3.05) is 31.4 Å². The van der Waals surface area contributed by atoms with Gasteiger partial charge in [-0.15, -0.1) is 0 Å². The Balaban J connectivity index is 1.93. The molecular formula is C17H22N6O2. The molecule has 25 heavy (non-hydrogen) atoms. The Morgan fingerprint density at radius 3 is 2.76 bits per heavy atom. The zero-order valence-corrected chi connectivity index (χ0v) is 14.5. The first-order chi connectivity index (χ1) is 12.1. The summed E-state index contributed by atoms with van der Waals surface area (Å²) in [7, 11) is 1.65. The van der Waals surface area contributed by atoms with E-state index in [2.05, 4.69) is 39.6 Å². The second-order valence-electron chi connectivity index (χ2n) is 5.91. The third-order valence-corrected chi connectivity index (χ3v) is 3.81. The molecule has 0 amide bonds. The van der Waals surface area contributed by atoms with Crippen molar-refractivity contribution >= 4 is 17.6 Å². The molecule has 8 heteroatoms. The molecule has 8 nitrogen and oxygen atoms in total. The monoisotopic (exact) mass is 342 g/mol. The Morgan fingerprint density at radius 1 is 1.28 bits per heavy atom. The smallest absolute Gasteiger partial charge is 0.258 e. The first kappa shape index (κ1) is 16.8. The highest BCUT2D eigenvalue weighted by Crippen LogP contribution is 2.34. The topological polar surface area (TPSA) is 107 Å². The van der Waals surface area contributed by atoms with Crippen LogP contribution >= 0.6 is 0 Å². The average Bonchev–Trinajstić information content (AvgIpc) is 3.13. The van der Waals surface area contributed by atoms with Crippen molar-refractivity contribution in [3.8, 4) is 11.5 Å². The van der Waals surface area contributed by atoms with Crippen LogP contribution in [0.3, 0.4) is 0 Å². The first-order valence-electron chi connectivity index (χ1n) is 8.10. The molecule has 0 atom stereocenters. The first-order valence-corrected chi connectivity index (χ1v) is 8.10. The molecular weight excluding hydrogens is 320 g/mol. The summed E-state index contributed by atoms with van der Waals surface area (Å²) >= 11 is 0. The van der Waals surface area contributed by atoms with Gasteiger partial charge in [-0.05, 0) is 24.1 Å². The van der Waals surface area contributed by atoms with Crippen molar-refractivity contribution in [1.29, 1.82) is 0 Å². The Bertz CT molecular complexity index is 791. The molecule has 1 aromatic heterocycles. The van der Waals surface area contributed by atoms with E-state index in [0.29, 0.717) is 17.5 Å². The van der Waals surface area contributed by atoms with E-state index in [9.17, 15) is 0 Å². The number of amidine groups is 1. The fourth-order valence-electron chi connectivity index (χ4n) is 2.57. The molecule has 0 fully saturated rings. The second-order valence-corrected chi connectivity index (χ2v) is 5.91. The molecule has 1 aliphatic heterocycles. The van der Waals surface area contributed by atoms with Gasteiger partial charge in [0, 0.05) is 18.3 Å². The summed E-state index contributed by atoms with van der Waals surface area (Å²) in [5.74, 6) is 3.11. The summed E-state index contributed by atoms with van der Waals surface area (Å²) in [6, 6.07) is 5.49. The normalized spacial score (nSPS) is 13.4. The molecule has 0 radical (unpaired) electrons. The summed E-state index contributed by atoms with van der Waals surface area (Å²) in [6.45, 7) is 5.74. The summed E-state index contributed by atoms with van der Waals surface area (Å²) in [4.78, 5) is 18.4. The molecule has 1 aliphatic rings. The van der Waals surface area contributed by atoms with Crippen molar-refractivity contribution in [3.63, 3.8) is 0 Å². The maximum atomic E-state index is 5.77. The highest BCUT2D eigenvalue weighted by Gasteiger charge is 2.19. The van der Waals surface area contributed by atoms with Gasteiger partial charge in [0.25, 0.3) is 5.95 Å². The van der Waals surface area contributed by atoms with E-state index in [1.54, 1.807) is 19.4 Å². The van der Waals surface area contributed by atoms with Crippen molar-refractivity contribution in [2.45, 2.75) is 19.8 Å². The van der Waals surface area contributed by atoms with Crippen LogP contribution in [0.4, 0.5) is 11.8 Å². The van der Waals surface area contributed by atoms with Crippen LogP contribution in [0.25, 0.3) is 0 Å². The van der Waals surface area contributed by atoms with E-state index in [4.69, 9.17) is 15.3 Å². The van der Waals surface area contributed by atoms with Gasteiger partial charge in [-0.3, -0.25) is 4.99 Å². The molecule has 0 unspecified atom stereocenters. The Labute approximate surface area is 146 Å². The van der Waals surface area contributed by atoms with Crippen molar-refractivity contribution in [1.82, 2.24) is 15.3 Å². The van der Waals surface area contributed by atoms with Crippen LogP contribution < -0.4 is 26.1 Å². The van der Waals surface area contributed by atoms with Gasteiger partial charge in [-0.25, -0.2) is 4.98 Å². The quantitative estimate of drug-likeness (QED) is 0.689. The number of benzene rings is 1. The number of methoxy groups -OCH3 is 1. The van der Waals surface area contributed by atoms with Gasteiger partial charge in [-0.2, -0.15) is 10.5 Å². The van der Waals surface area contributed by atoms with Crippen molar-refractivity contribution in [2.24, 2.45) is 4.99 Å². The van der Waals surface area contributed by atoms with Gasteiger partial charge < -0.3 is 20.6 Å². The van der Waals surface area contributed by atoms with Gasteiger partial charge in [-0.1, -0.05) is 13.8 Å². The summed E-state index contributed by atoms with van der Waals surface area (Å²) < 4.78 is 5.54. The minimum atomic E-state index is 0.236. The lowest BCUT2D eigenvalue weighted by Gasteiger charge is -2.18. The SMILES string of the molecule is COc1cc(C(C)C)c(ONc2nccc(N)n2)cc1C1=NCCN1. The zero-order chi connectivity index (χ0) is 17.8. The van der Waals surface area contributed by atoms with E-state index in [-0.39, 0.29) is 5.92 Å². The fraction of sp³-hybridized carbons (Fsp3) is 0.353. The molecule has 0 saturated heterocycles. The fourth-order valence-corrected chi connectivity index (χ4v) is 2.57. The lowest BCUT2D eigenvalue weighted by molar-refractivity contribution is 0.386. The van der Waals surface area contributed by atoms with Gasteiger partial charge in [0.1, 0.15) is 17.4 Å². The number of aliphatic imine (C=N–C) groups is 1. The number of nitrogen functional groups attached to an aromatic ring is 1. The third kappa shape index (κ3) is 3.73. The molecule has 0 spiro atoms. The minimum absolute atomic E-state index is 0.236. The van der Waals surface area contributed by atoms with Crippen LogP contribution in [-0.4, -0.2) is 36.0 Å². The minimum Gasteiger partial charge on any atom is -0.496 e. The number of nitrogens with zero attached hydrogens (tertiary/aromatic N) is 3. The molecule has 2 heterocycles. The number of nitrogens with one attached hydrogen (secondary N) is 2. The largest absolute Gasteiger partial charge is 0.496 e. The molecule has 2 aromatic rings. The maximum Gasteiger partial charge on any atom is 0.258 e. The third-order valence-electron chi connectivity index (χ3n) is 3.81. The highest BCUT2D eigenvalue weighted by molar-refractivity contribution is 6.02. The van der Waals surface area contributed by atoms with Gasteiger partial charge in [0.05, 0.1) is 19.2 Å². The molecule has 3 rings (SSSR count). The number of ether oxygens (including phenoxy) is 1. The lowest BCUT2D eigenvalue weighted by atomic mass is 9.99. The van der Waals surface area contributed by atoms with Crippen molar-refractivity contribution < 1.29 is 9.57 Å². The molecule has 0 aliphatic carbocycles. The van der Waals surface area contributed by atoms with E-state index in [0.717, 1.165) is 35.8 Å². The molecule has 4 N–H and O–H groups in total. The molecule has 1 aromatic carbocycles. The summed E-state index contributed by atoms with van der Waals surface area (Å²) in [5, 5.41) is 3.26. The van der Waals surface area contributed by atoms with Crippen molar-refractivity contribution in [3.05, 3.63) is 35.5 Å². The van der Waals surface area contributed by atoms with E-state index >= 15 is 0 Å². The number of aromatic nitrogens is 2. The van der Waals surface area contributed by atoms with E-state index < -0.39 is 0 Å². The average molecular weight is 342 g/mol. The predicted octanol–water partition coefficient (Wildman–Crippen LogP) is 1.95. The van der Waals surface area contributed by atoms with E-state index in [1.165, 1.54) is 0 Å². The van der Waals surface area contributed by atoms with Crippen LogP contribution in [0.5, 0.6) is 11.5 Å². The lowest BCUT2D eigenvalue weighted by Crippen LogP contribution is -2.21. The molecule has 132 valence electrons. The van der Waals surface area contributed by atoms with Crippen LogP contribution in [0.2, 0.25) is 0 Å². The van der Waals surface area contributed by atoms with E-state index in [1.807, 2.05) is 12.1 Å². The Hall–Kier alpha value is -3.03. The molecule has 0 saturated carbocycles. The zero-order valence-electron chi connectivity index (χ0n) is 14.5. The maximum absolute atomic E-state index is 5.77. The van der Waals surface area contributed by atoms with Gasteiger partial charge in [0.2, 0.25) is 0 Å². The molecule has 0 bridgehead atoms. The number of hydrogen-bond acceptors (Lipinski definition) is 8. The number of rotatable bonds is 6. The van der Waals surface area contributed by atoms with Crippen LogP contribution in [0, 0.1) is 0 Å². The standard InChI is InChI=1S/C17H22N6O2/c1-10(2)11-8-13(24-3)12(16-19-6-7-20-16)9-14(11)25-23-17-21-5-4-15(18)22-17/h4-5,8-10H,6-7H2,1-3H3,(H,19,20)(H3,18,21,22,23). The van der Waals surface area contributed by atoms with Crippen LogP contribution in [-0.2, 0) is 0 Å².